The van der Waals surface area contributed by atoms with Gasteiger partial charge in [-0.25, -0.2) is 9.78 Å². The van der Waals surface area contributed by atoms with Gasteiger partial charge in [-0.15, -0.1) is 0 Å². The molecule has 1 unspecified atom stereocenters. The molecule has 0 aliphatic carbocycles. The molecule has 1 amide bonds. The van der Waals surface area contributed by atoms with Crippen LogP contribution in [0.15, 0.2) is 18.3 Å². The molecule has 0 fully saturated rings. The number of ether oxygens (including phenoxy) is 1. The number of amides is 1. The highest BCUT2D eigenvalue weighted by Gasteiger charge is 2.19. The van der Waals surface area contributed by atoms with Crippen molar-refractivity contribution in [2.45, 2.75) is 33.3 Å². The number of carbonyl (C=O) groups is 2. The van der Waals surface area contributed by atoms with Crippen molar-refractivity contribution in [3.8, 4) is 0 Å². The second kappa shape index (κ2) is 7.45. The Morgan fingerprint density at radius 3 is 2.67 bits per heavy atom. The van der Waals surface area contributed by atoms with Gasteiger partial charge in [0, 0.05) is 23.6 Å². The van der Waals surface area contributed by atoms with Crippen molar-refractivity contribution in [1.82, 2.24) is 4.98 Å². The number of nitrogens with zero attached hydrogens (tertiary/aromatic N) is 1. The van der Waals surface area contributed by atoms with Gasteiger partial charge in [-0.05, 0) is 39.2 Å². The van der Waals surface area contributed by atoms with Crippen LogP contribution in [-0.2, 0) is 9.53 Å². The van der Waals surface area contributed by atoms with E-state index < -0.39 is 11.6 Å². The summed E-state index contributed by atoms with van der Waals surface area (Å²) in [6.07, 6.45) is 3.44. The molecule has 0 spiro atoms. The van der Waals surface area contributed by atoms with E-state index in [1.54, 1.807) is 38.6 Å². The van der Waals surface area contributed by atoms with Gasteiger partial charge in [-0.2, -0.15) is 11.8 Å². The highest BCUT2D eigenvalue weighted by atomic mass is 32.2. The van der Waals surface area contributed by atoms with Crippen molar-refractivity contribution in [1.29, 1.82) is 0 Å². The van der Waals surface area contributed by atoms with Gasteiger partial charge in [0.25, 0.3) is 0 Å². The zero-order chi connectivity index (χ0) is 16.0. The summed E-state index contributed by atoms with van der Waals surface area (Å²) in [7, 11) is 0. The first-order valence-corrected chi connectivity index (χ1v) is 8.11. The van der Waals surface area contributed by atoms with Crippen molar-refractivity contribution in [2.24, 2.45) is 5.92 Å². The minimum Gasteiger partial charge on any atom is -0.455 e. The predicted octanol–water partition coefficient (Wildman–Crippen LogP) is 2.97. The van der Waals surface area contributed by atoms with E-state index in [0.29, 0.717) is 5.69 Å². The Bertz CT molecular complexity index is 512. The van der Waals surface area contributed by atoms with Crippen LogP contribution in [0.1, 0.15) is 38.2 Å². The Kier molecular flexibility index (Phi) is 6.20. The van der Waals surface area contributed by atoms with Crippen LogP contribution in [0.25, 0.3) is 0 Å². The first-order chi connectivity index (χ1) is 9.73. The van der Waals surface area contributed by atoms with Gasteiger partial charge in [0.05, 0.1) is 0 Å². The van der Waals surface area contributed by atoms with E-state index >= 15 is 0 Å². The molecule has 0 saturated heterocycles. The molecule has 116 valence electrons. The Labute approximate surface area is 129 Å². The fourth-order valence-corrected chi connectivity index (χ4v) is 2.19. The van der Waals surface area contributed by atoms with Crippen molar-refractivity contribution >= 4 is 29.3 Å². The molecule has 0 saturated carbocycles. The zero-order valence-electron chi connectivity index (χ0n) is 13.1. The maximum atomic E-state index is 12.0. The van der Waals surface area contributed by atoms with Crippen LogP contribution in [0, 0.1) is 5.92 Å². The summed E-state index contributed by atoms with van der Waals surface area (Å²) >= 11 is 1.62. The molecule has 1 aromatic rings. The lowest BCUT2D eigenvalue weighted by Gasteiger charge is -2.19. The molecule has 21 heavy (non-hydrogen) atoms. The van der Waals surface area contributed by atoms with Crippen LogP contribution >= 0.6 is 11.8 Å². The van der Waals surface area contributed by atoms with Gasteiger partial charge < -0.3 is 10.1 Å². The zero-order valence-corrected chi connectivity index (χ0v) is 13.9. The lowest BCUT2D eigenvalue weighted by molar-refractivity contribution is -0.118. The molecule has 0 aromatic carbocycles. The molecular formula is C15H22N2O3S. The van der Waals surface area contributed by atoms with E-state index in [0.717, 1.165) is 5.75 Å². The van der Waals surface area contributed by atoms with Crippen molar-refractivity contribution in [3.05, 3.63) is 24.0 Å². The molecule has 1 rings (SSSR count). The first kappa shape index (κ1) is 17.5. The SMILES string of the molecule is CSCC(C)C(=O)Nc1ccnc(C(=O)OC(C)(C)C)c1. The maximum Gasteiger partial charge on any atom is 0.357 e. The lowest BCUT2D eigenvalue weighted by Crippen LogP contribution is -2.25. The van der Waals surface area contributed by atoms with E-state index in [1.165, 1.54) is 12.3 Å². The number of pyridine rings is 1. The Morgan fingerprint density at radius 1 is 1.43 bits per heavy atom. The van der Waals surface area contributed by atoms with Gasteiger partial charge in [0.1, 0.15) is 11.3 Å². The Balaban J connectivity index is 2.77. The van der Waals surface area contributed by atoms with Crippen molar-refractivity contribution < 1.29 is 14.3 Å². The van der Waals surface area contributed by atoms with Crippen LogP contribution in [0.4, 0.5) is 5.69 Å². The topological polar surface area (TPSA) is 68.3 Å². The van der Waals surface area contributed by atoms with E-state index in [2.05, 4.69) is 10.3 Å². The Morgan fingerprint density at radius 2 is 2.10 bits per heavy atom. The summed E-state index contributed by atoms with van der Waals surface area (Å²) in [5.41, 5.74) is 0.147. The van der Waals surface area contributed by atoms with Gasteiger partial charge in [0.2, 0.25) is 5.91 Å². The molecule has 1 aromatic heterocycles. The van der Waals surface area contributed by atoms with Crippen LogP contribution in [-0.4, -0.2) is 34.5 Å². The monoisotopic (exact) mass is 310 g/mol. The largest absolute Gasteiger partial charge is 0.455 e. The third kappa shape index (κ3) is 6.16. The van der Waals surface area contributed by atoms with Gasteiger partial charge in [0.15, 0.2) is 0 Å². The number of carbonyl (C=O) groups excluding carboxylic acids is 2. The Hall–Kier alpha value is -1.56. The van der Waals surface area contributed by atoms with E-state index in [4.69, 9.17) is 4.74 Å². The summed E-state index contributed by atoms with van der Waals surface area (Å²) in [5.74, 6) is 0.0649. The molecule has 5 nitrogen and oxygen atoms in total. The molecule has 0 bridgehead atoms. The predicted molar refractivity (Wildman–Crippen MR) is 85.6 cm³/mol. The number of nitrogens with one attached hydrogen (secondary N) is 1. The number of rotatable bonds is 5. The quantitative estimate of drug-likeness (QED) is 0.847. The molecule has 0 radical (unpaired) electrons. The molecule has 1 heterocycles. The molecule has 1 atom stereocenters. The van der Waals surface area contributed by atoms with Crippen LogP contribution in [0.5, 0.6) is 0 Å². The number of anilines is 1. The van der Waals surface area contributed by atoms with Gasteiger partial charge in [-0.3, -0.25) is 4.79 Å². The molecule has 6 heteroatoms. The smallest absolute Gasteiger partial charge is 0.357 e. The van der Waals surface area contributed by atoms with E-state index in [9.17, 15) is 9.59 Å². The van der Waals surface area contributed by atoms with Crippen molar-refractivity contribution in [3.63, 3.8) is 0 Å². The minimum atomic E-state index is -0.578. The average Bonchev–Trinajstić information content (AvgIpc) is 2.37. The van der Waals surface area contributed by atoms with E-state index in [1.807, 2.05) is 13.2 Å². The van der Waals surface area contributed by atoms with Gasteiger partial charge in [-0.1, -0.05) is 6.92 Å². The second-order valence-corrected chi connectivity index (χ2v) is 6.69. The number of aromatic nitrogens is 1. The lowest BCUT2D eigenvalue weighted by atomic mass is 10.2. The number of hydrogen-bond acceptors (Lipinski definition) is 5. The molecular weight excluding hydrogens is 288 g/mol. The maximum absolute atomic E-state index is 12.0. The second-order valence-electron chi connectivity index (χ2n) is 5.78. The highest BCUT2D eigenvalue weighted by Crippen LogP contribution is 2.15. The summed E-state index contributed by atoms with van der Waals surface area (Å²) in [6.45, 7) is 7.24. The number of hydrogen-bond donors (Lipinski definition) is 1. The normalized spacial score (nSPS) is 12.6. The average molecular weight is 310 g/mol. The van der Waals surface area contributed by atoms with Gasteiger partial charge >= 0.3 is 5.97 Å². The fourth-order valence-electron chi connectivity index (χ4n) is 1.54. The third-order valence-electron chi connectivity index (χ3n) is 2.50. The van der Waals surface area contributed by atoms with Crippen molar-refractivity contribution in [2.75, 3.05) is 17.3 Å². The molecule has 1 N–H and O–H groups in total. The summed E-state index contributed by atoms with van der Waals surface area (Å²) in [6, 6.07) is 3.18. The summed E-state index contributed by atoms with van der Waals surface area (Å²) in [5, 5.41) is 2.78. The fraction of sp³-hybridized carbons (Fsp3) is 0.533. The van der Waals surface area contributed by atoms with Crippen LogP contribution in [0.3, 0.4) is 0 Å². The number of esters is 1. The third-order valence-corrected chi connectivity index (χ3v) is 3.33. The van der Waals surface area contributed by atoms with E-state index in [-0.39, 0.29) is 17.5 Å². The van der Waals surface area contributed by atoms with Crippen LogP contribution < -0.4 is 5.32 Å². The summed E-state index contributed by atoms with van der Waals surface area (Å²) < 4.78 is 5.25. The summed E-state index contributed by atoms with van der Waals surface area (Å²) in [4.78, 5) is 27.9. The molecule has 0 aliphatic rings. The highest BCUT2D eigenvalue weighted by molar-refractivity contribution is 7.98. The molecule has 0 aliphatic heterocycles. The van der Waals surface area contributed by atoms with Crippen LogP contribution in [0.2, 0.25) is 0 Å². The standard InChI is InChI=1S/C15H22N2O3S/c1-10(9-21-5)13(18)17-11-6-7-16-12(8-11)14(19)20-15(2,3)4/h6-8,10H,9H2,1-5H3,(H,16,17,18). The minimum absolute atomic E-state index is 0.0781. The number of thioether (sulfide) groups is 1. The first-order valence-electron chi connectivity index (χ1n) is 6.72.